The Balaban J connectivity index is 2.30. The van der Waals surface area contributed by atoms with Gasteiger partial charge in [-0.2, -0.15) is 0 Å². The number of aromatic nitrogens is 2. The van der Waals surface area contributed by atoms with Crippen molar-refractivity contribution in [3.8, 4) is 0 Å². The molecule has 0 bridgehead atoms. The summed E-state index contributed by atoms with van der Waals surface area (Å²) < 4.78 is 2.33. The molecule has 0 aliphatic heterocycles. The van der Waals surface area contributed by atoms with E-state index < -0.39 is 0 Å². The molecule has 2 aromatic rings. The molecule has 0 atom stereocenters. The first kappa shape index (κ1) is 9.85. The number of para-hydroxylation sites is 2. The monoisotopic (exact) mass is 215 g/mol. The van der Waals surface area contributed by atoms with E-state index in [-0.39, 0.29) is 5.54 Å². The van der Waals surface area contributed by atoms with Gasteiger partial charge in [-0.05, 0) is 38.8 Å². The summed E-state index contributed by atoms with van der Waals surface area (Å²) in [6.45, 7) is 4.04. The van der Waals surface area contributed by atoms with Crippen molar-refractivity contribution >= 4 is 11.0 Å². The van der Waals surface area contributed by atoms with Crippen LogP contribution >= 0.6 is 0 Å². The maximum absolute atomic E-state index is 6.20. The molecule has 2 N–H and O–H groups in total. The number of hydrogen-bond acceptors (Lipinski definition) is 2. The van der Waals surface area contributed by atoms with Crippen molar-refractivity contribution in [1.82, 2.24) is 9.55 Å². The molecule has 16 heavy (non-hydrogen) atoms. The molecule has 0 saturated heterocycles. The van der Waals surface area contributed by atoms with E-state index in [9.17, 15) is 0 Å². The third-order valence-corrected chi connectivity index (χ3v) is 3.08. The molecule has 1 aromatic heterocycles. The second kappa shape index (κ2) is 3.08. The predicted octanol–water partition coefficient (Wildman–Crippen LogP) is 2.57. The molecular formula is C13H17N3. The molecular weight excluding hydrogens is 198 g/mol. The lowest BCUT2D eigenvalue weighted by molar-refractivity contribution is 0.482. The summed E-state index contributed by atoms with van der Waals surface area (Å²) in [5, 5.41) is 0. The molecule has 1 fully saturated rings. The summed E-state index contributed by atoms with van der Waals surface area (Å²) in [6.07, 6.45) is 2.51. The van der Waals surface area contributed by atoms with Gasteiger partial charge in [0.15, 0.2) is 0 Å². The Bertz CT molecular complexity index is 530. The number of nitrogens with zero attached hydrogens (tertiary/aromatic N) is 2. The average Bonchev–Trinajstić information content (AvgIpc) is 2.96. The Hall–Kier alpha value is -1.35. The van der Waals surface area contributed by atoms with Gasteiger partial charge in [0.1, 0.15) is 5.82 Å². The lowest BCUT2D eigenvalue weighted by Gasteiger charge is -2.20. The van der Waals surface area contributed by atoms with Crippen LogP contribution in [0.3, 0.4) is 0 Å². The lowest BCUT2D eigenvalue weighted by atomic mass is 10.1. The zero-order valence-electron chi connectivity index (χ0n) is 9.77. The van der Waals surface area contributed by atoms with Crippen molar-refractivity contribution in [3.05, 3.63) is 30.1 Å². The van der Waals surface area contributed by atoms with Crippen LogP contribution in [0.15, 0.2) is 24.3 Å². The van der Waals surface area contributed by atoms with Crippen LogP contribution in [0.5, 0.6) is 0 Å². The average molecular weight is 215 g/mol. The van der Waals surface area contributed by atoms with Crippen molar-refractivity contribution in [3.63, 3.8) is 0 Å². The van der Waals surface area contributed by atoms with E-state index in [4.69, 9.17) is 5.73 Å². The fourth-order valence-electron chi connectivity index (χ4n) is 2.20. The van der Waals surface area contributed by atoms with Crippen LogP contribution in [0.25, 0.3) is 11.0 Å². The third kappa shape index (κ3) is 1.43. The highest BCUT2D eigenvalue weighted by Crippen LogP contribution is 2.40. The highest BCUT2D eigenvalue weighted by Gasteiger charge is 2.32. The summed E-state index contributed by atoms with van der Waals surface area (Å²) in [6, 6.07) is 8.90. The van der Waals surface area contributed by atoms with E-state index in [0.717, 1.165) is 11.3 Å². The van der Waals surface area contributed by atoms with Gasteiger partial charge in [0.25, 0.3) is 0 Å². The third-order valence-electron chi connectivity index (χ3n) is 3.08. The zero-order valence-corrected chi connectivity index (χ0v) is 9.77. The molecule has 1 aromatic carbocycles. The molecule has 1 aliphatic carbocycles. The number of imidazole rings is 1. The van der Waals surface area contributed by atoms with E-state index in [0.29, 0.717) is 6.04 Å². The Morgan fingerprint density at radius 1 is 1.31 bits per heavy atom. The Kier molecular flexibility index (Phi) is 1.89. The van der Waals surface area contributed by atoms with Crippen molar-refractivity contribution in [2.24, 2.45) is 5.73 Å². The van der Waals surface area contributed by atoms with E-state index in [2.05, 4.69) is 27.8 Å². The van der Waals surface area contributed by atoms with Gasteiger partial charge in [0.2, 0.25) is 0 Å². The molecule has 1 heterocycles. The minimum atomic E-state index is -0.373. The second-order valence-corrected chi connectivity index (χ2v) is 5.25. The van der Waals surface area contributed by atoms with Crippen LogP contribution in [0, 0.1) is 0 Å². The Morgan fingerprint density at radius 3 is 2.62 bits per heavy atom. The Morgan fingerprint density at radius 2 is 2.00 bits per heavy atom. The molecule has 1 saturated carbocycles. The molecule has 0 amide bonds. The van der Waals surface area contributed by atoms with Gasteiger partial charge in [-0.25, -0.2) is 4.98 Å². The number of hydrogen-bond donors (Lipinski definition) is 1. The number of rotatable bonds is 2. The minimum absolute atomic E-state index is 0.373. The first-order chi connectivity index (χ1) is 7.57. The maximum Gasteiger partial charge on any atom is 0.129 e. The molecule has 1 aliphatic rings. The van der Waals surface area contributed by atoms with Crippen LogP contribution in [-0.4, -0.2) is 9.55 Å². The molecule has 0 spiro atoms. The first-order valence-electron chi connectivity index (χ1n) is 5.84. The van der Waals surface area contributed by atoms with E-state index in [1.54, 1.807) is 0 Å². The second-order valence-electron chi connectivity index (χ2n) is 5.25. The first-order valence-corrected chi connectivity index (χ1v) is 5.84. The Labute approximate surface area is 95.3 Å². The standard InChI is InChI=1S/C13H17N3/c1-13(2,14)12-15-10-5-3-4-6-11(10)16(12)9-7-8-9/h3-6,9H,7-8,14H2,1-2H3. The van der Waals surface area contributed by atoms with Crippen LogP contribution < -0.4 is 5.73 Å². The largest absolute Gasteiger partial charge is 0.323 e. The summed E-state index contributed by atoms with van der Waals surface area (Å²) in [4.78, 5) is 4.68. The normalized spacial score (nSPS) is 16.9. The number of nitrogens with two attached hydrogens (primary N) is 1. The zero-order chi connectivity index (χ0) is 11.3. The van der Waals surface area contributed by atoms with Crippen molar-refractivity contribution in [1.29, 1.82) is 0 Å². The summed E-state index contributed by atoms with van der Waals surface area (Å²) >= 11 is 0. The molecule has 0 unspecified atom stereocenters. The van der Waals surface area contributed by atoms with Crippen molar-refractivity contribution in [2.75, 3.05) is 0 Å². The summed E-state index contributed by atoms with van der Waals surface area (Å²) in [7, 11) is 0. The van der Waals surface area contributed by atoms with Crippen LogP contribution in [-0.2, 0) is 5.54 Å². The van der Waals surface area contributed by atoms with Gasteiger partial charge in [0.05, 0.1) is 16.6 Å². The fourth-order valence-corrected chi connectivity index (χ4v) is 2.20. The maximum atomic E-state index is 6.20. The molecule has 3 heteroatoms. The molecule has 84 valence electrons. The van der Waals surface area contributed by atoms with Crippen molar-refractivity contribution in [2.45, 2.75) is 38.3 Å². The summed E-state index contributed by atoms with van der Waals surface area (Å²) in [5.74, 6) is 1.01. The van der Waals surface area contributed by atoms with Crippen LogP contribution in [0.2, 0.25) is 0 Å². The van der Waals surface area contributed by atoms with Gasteiger partial charge in [-0.1, -0.05) is 12.1 Å². The van der Waals surface area contributed by atoms with Gasteiger partial charge >= 0.3 is 0 Å². The van der Waals surface area contributed by atoms with Gasteiger partial charge in [-0.15, -0.1) is 0 Å². The van der Waals surface area contributed by atoms with E-state index >= 15 is 0 Å². The highest BCUT2D eigenvalue weighted by molar-refractivity contribution is 5.76. The quantitative estimate of drug-likeness (QED) is 0.836. The minimum Gasteiger partial charge on any atom is -0.323 e. The summed E-state index contributed by atoms with van der Waals surface area (Å²) in [5.41, 5.74) is 8.11. The van der Waals surface area contributed by atoms with Gasteiger partial charge < -0.3 is 10.3 Å². The van der Waals surface area contributed by atoms with E-state index in [1.165, 1.54) is 18.4 Å². The van der Waals surface area contributed by atoms with E-state index in [1.807, 2.05) is 19.9 Å². The van der Waals surface area contributed by atoms with Crippen LogP contribution in [0.1, 0.15) is 38.6 Å². The van der Waals surface area contributed by atoms with Crippen molar-refractivity contribution < 1.29 is 0 Å². The van der Waals surface area contributed by atoms with Crippen LogP contribution in [0.4, 0.5) is 0 Å². The van der Waals surface area contributed by atoms with Gasteiger partial charge in [0, 0.05) is 6.04 Å². The van der Waals surface area contributed by atoms with Gasteiger partial charge in [-0.3, -0.25) is 0 Å². The fraction of sp³-hybridized carbons (Fsp3) is 0.462. The molecule has 3 nitrogen and oxygen atoms in total. The number of fused-ring (bicyclic) bond motifs is 1. The number of benzene rings is 1. The highest BCUT2D eigenvalue weighted by atomic mass is 15.2. The predicted molar refractivity (Wildman–Crippen MR) is 65.2 cm³/mol. The smallest absolute Gasteiger partial charge is 0.129 e. The molecule has 3 rings (SSSR count). The topological polar surface area (TPSA) is 43.8 Å². The SMILES string of the molecule is CC(C)(N)c1nc2ccccc2n1C1CC1. The lowest BCUT2D eigenvalue weighted by Crippen LogP contribution is -2.32. The molecule has 0 radical (unpaired) electrons.